The monoisotopic (exact) mass is 309 g/mol. The van der Waals surface area contributed by atoms with Crippen molar-refractivity contribution in [3.8, 4) is 0 Å². The van der Waals surface area contributed by atoms with Gasteiger partial charge in [0.05, 0.1) is 15.3 Å². The largest absolute Gasteiger partial charge is 0.316 e. The second-order valence-corrected chi connectivity index (χ2v) is 8.44. The van der Waals surface area contributed by atoms with E-state index in [1.165, 1.54) is 11.3 Å². The summed E-state index contributed by atoms with van der Waals surface area (Å²) in [6.07, 6.45) is 0. The van der Waals surface area contributed by atoms with Gasteiger partial charge in [-0.2, -0.15) is 0 Å². The zero-order valence-electron chi connectivity index (χ0n) is 8.07. The summed E-state index contributed by atoms with van der Waals surface area (Å²) in [5, 5.41) is 3.08. The van der Waals surface area contributed by atoms with E-state index in [2.05, 4.69) is 21.2 Å². The summed E-state index contributed by atoms with van der Waals surface area (Å²) in [6, 6.07) is 3.76. The molecule has 0 amide bonds. The second-order valence-electron chi connectivity index (χ2n) is 3.78. The standard InChI is InChI=1S/C9H12BrNO2S2/c10-9-2-1-8(14-9)6-15(12,13)5-7-3-11-4-7/h1-2,7,11H,3-6H2. The Balaban J connectivity index is 1.97. The fourth-order valence-electron chi connectivity index (χ4n) is 1.53. The fourth-order valence-corrected chi connectivity index (χ4v) is 5.18. The molecule has 1 saturated heterocycles. The number of hydrogen-bond donors (Lipinski definition) is 1. The van der Waals surface area contributed by atoms with Crippen LogP contribution >= 0.6 is 27.3 Å². The Kier molecular flexibility index (Phi) is 3.49. The van der Waals surface area contributed by atoms with E-state index in [4.69, 9.17) is 0 Å². The first-order chi connectivity index (χ1) is 7.05. The molecular formula is C9H12BrNO2S2. The minimum absolute atomic E-state index is 0.180. The van der Waals surface area contributed by atoms with Crippen LogP contribution in [0.2, 0.25) is 0 Å². The highest BCUT2D eigenvalue weighted by Crippen LogP contribution is 2.24. The first kappa shape index (κ1) is 11.6. The van der Waals surface area contributed by atoms with Gasteiger partial charge in [0.2, 0.25) is 0 Å². The molecule has 1 aromatic rings. The Morgan fingerprint density at radius 3 is 2.67 bits per heavy atom. The van der Waals surface area contributed by atoms with Crippen LogP contribution in [-0.4, -0.2) is 27.3 Å². The molecule has 15 heavy (non-hydrogen) atoms. The highest BCUT2D eigenvalue weighted by atomic mass is 79.9. The molecular weight excluding hydrogens is 298 g/mol. The van der Waals surface area contributed by atoms with Crippen molar-refractivity contribution in [2.75, 3.05) is 18.8 Å². The average Bonchev–Trinajstić information content (AvgIpc) is 2.43. The molecule has 0 unspecified atom stereocenters. The van der Waals surface area contributed by atoms with Crippen LogP contribution in [0.25, 0.3) is 0 Å². The van der Waals surface area contributed by atoms with E-state index in [0.29, 0.717) is 11.7 Å². The van der Waals surface area contributed by atoms with Gasteiger partial charge in [-0.15, -0.1) is 11.3 Å². The summed E-state index contributed by atoms with van der Waals surface area (Å²) >= 11 is 4.82. The summed E-state index contributed by atoms with van der Waals surface area (Å²) < 4.78 is 24.5. The average molecular weight is 310 g/mol. The lowest BCUT2D eigenvalue weighted by molar-refractivity contribution is 0.378. The van der Waals surface area contributed by atoms with Gasteiger partial charge in [0.1, 0.15) is 0 Å². The Hall–Kier alpha value is 0.0900. The van der Waals surface area contributed by atoms with Crippen LogP contribution < -0.4 is 5.32 Å². The summed E-state index contributed by atoms with van der Waals surface area (Å²) in [7, 11) is -2.93. The van der Waals surface area contributed by atoms with Gasteiger partial charge in [-0.1, -0.05) is 0 Å². The molecule has 2 rings (SSSR count). The van der Waals surface area contributed by atoms with Gasteiger partial charge < -0.3 is 5.32 Å². The van der Waals surface area contributed by atoms with E-state index in [9.17, 15) is 8.42 Å². The van der Waals surface area contributed by atoms with Crippen LogP contribution in [-0.2, 0) is 15.6 Å². The number of rotatable bonds is 4. The second kappa shape index (κ2) is 4.53. The van der Waals surface area contributed by atoms with Crippen LogP contribution in [0.15, 0.2) is 15.9 Å². The van der Waals surface area contributed by atoms with Crippen molar-refractivity contribution in [2.24, 2.45) is 5.92 Å². The van der Waals surface area contributed by atoms with Crippen LogP contribution in [0, 0.1) is 5.92 Å². The van der Waals surface area contributed by atoms with Gasteiger partial charge in [-0.05, 0) is 34.0 Å². The van der Waals surface area contributed by atoms with Crippen molar-refractivity contribution in [3.05, 3.63) is 20.8 Å². The molecule has 6 heteroatoms. The molecule has 0 bridgehead atoms. The lowest BCUT2D eigenvalue weighted by atomic mass is 10.1. The minimum atomic E-state index is -2.93. The predicted octanol–water partition coefficient (Wildman–Crippen LogP) is 1.64. The van der Waals surface area contributed by atoms with Gasteiger partial charge in [0.15, 0.2) is 9.84 Å². The number of sulfone groups is 1. The maximum absolute atomic E-state index is 11.8. The predicted molar refractivity (Wildman–Crippen MR) is 65.9 cm³/mol. The number of nitrogens with one attached hydrogen (secondary N) is 1. The van der Waals surface area contributed by atoms with Gasteiger partial charge in [-0.25, -0.2) is 8.42 Å². The summed E-state index contributed by atoms with van der Waals surface area (Å²) in [5.41, 5.74) is 0. The lowest BCUT2D eigenvalue weighted by Gasteiger charge is -2.26. The van der Waals surface area contributed by atoms with Gasteiger partial charge in [-0.3, -0.25) is 0 Å². The molecule has 84 valence electrons. The Morgan fingerprint density at radius 2 is 2.20 bits per heavy atom. The summed E-state index contributed by atoms with van der Waals surface area (Å²) in [4.78, 5) is 0.911. The van der Waals surface area contributed by atoms with Gasteiger partial charge >= 0.3 is 0 Å². The molecule has 0 saturated carbocycles. The summed E-state index contributed by atoms with van der Waals surface area (Å²) in [5.74, 6) is 0.813. The van der Waals surface area contributed by atoms with Crippen LogP contribution in [0.1, 0.15) is 4.88 Å². The minimum Gasteiger partial charge on any atom is -0.316 e. The van der Waals surface area contributed by atoms with Gasteiger partial charge in [0.25, 0.3) is 0 Å². The summed E-state index contributed by atoms with van der Waals surface area (Å²) in [6.45, 7) is 1.68. The SMILES string of the molecule is O=S(=O)(Cc1ccc(Br)s1)CC1CNC1. The van der Waals surface area contributed by atoms with Crippen molar-refractivity contribution in [3.63, 3.8) is 0 Å². The van der Waals surface area contributed by atoms with Crippen molar-refractivity contribution in [1.29, 1.82) is 0 Å². The number of thiophene rings is 1. The van der Waals surface area contributed by atoms with E-state index in [1.54, 1.807) is 0 Å². The van der Waals surface area contributed by atoms with Crippen molar-refractivity contribution < 1.29 is 8.42 Å². The van der Waals surface area contributed by atoms with E-state index in [1.807, 2.05) is 12.1 Å². The molecule has 1 aliphatic rings. The van der Waals surface area contributed by atoms with Crippen LogP contribution in [0.3, 0.4) is 0 Å². The first-order valence-corrected chi connectivity index (χ1v) is 8.13. The highest BCUT2D eigenvalue weighted by molar-refractivity contribution is 9.11. The molecule has 1 N–H and O–H groups in total. The number of halogens is 1. The third kappa shape index (κ3) is 3.27. The maximum atomic E-state index is 11.8. The molecule has 0 aliphatic carbocycles. The molecule has 0 radical (unpaired) electrons. The topological polar surface area (TPSA) is 46.2 Å². The maximum Gasteiger partial charge on any atom is 0.155 e. The lowest BCUT2D eigenvalue weighted by Crippen LogP contribution is -2.45. The van der Waals surface area contributed by atoms with E-state index >= 15 is 0 Å². The van der Waals surface area contributed by atoms with Crippen molar-refractivity contribution >= 4 is 37.1 Å². The van der Waals surface area contributed by atoms with Crippen LogP contribution in [0.4, 0.5) is 0 Å². The molecule has 0 atom stereocenters. The van der Waals surface area contributed by atoms with E-state index in [-0.39, 0.29) is 5.75 Å². The molecule has 0 aromatic carbocycles. The third-order valence-electron chi connectivity index (χ3n) is 2.35. The molecule has 3 nitrogen and oxygen atoms in total. The molecule has 1 fully saturated rings. The van der Waals surface area contributed by atoms with Gasteiger partial charge in [0, 0.05) is 18.0 Å². The van der Waals surface area contributed by atoms with E-state index in [0.717, 1.165) is 21.8 Å². The Morgan fingerprint density at radius 1 is 1.47 bits per heavy atom. The van der Waals surface area contributed by atoms with E-state index < -0.39 is 9.84 Å². The number of hydrogen-bond acceptors (Lipinski definition) is 4. The first-order valence-electron chi connectivity index (χ1n) is 4.70. The molecule has 0 spiro atoms. The Bertz CT molecular complexity index is 437. The van der Waals surface area contributed by atoms with Crippen LogP contribution in [0.5, 0.6) is 0 Å². The fraction of sp³-hybridized carbons (Fsp3) is 0.556. The van der Waals surface area contributed by atoms with Crippen molar-refractivity contribution in [1.82, 2.24) is 5.32 Å². The zero-order chi connectivity index (χ0) is 10.9. The molecule has 1 aliphatic heterocycles. The Labute approximate surface area is 102 Å². The highest BCUT2D eigenvalue weighted by Gasteiger charge is 2.24. The molecule has 2 heterocycles. The smallest absolute Gasteiger partial charge is 0.155 e. The normalized spacial score (nSPS) is 17.7. The quantitative estimate of drug-likeness (QED) is 0.920. The van der Waals surface area contributed by atoms with Crippen molar-refractivity contribution in [2.45, 2.75) is 5.75 Å². The zero-order valence-corrected chi connectivity index (χ0v) is 11.3. The molecule has 1 aromatic heterocycles. The third-order valence-corrected chi connectivity index (χ3v) is 5.88.